The second-order valence-corrected chi connectivity index (χ2v) is 5.69. The molecule has 0 aliphatic carbocycles. The molecule has 0 bridgehead atoms. The molecular weight excluding hydrogens is 211 g/mol. The molecule has 0 saturated carbocycles. The van der Waals surface area contributed by atoms with Crippen molar-refractivity contribution < 1.29 is 4.43 Å². The summed E-state index contributed by atoms with van der Waals surface area (Å²) in [5, 5.41) is 0. The summed E-state index contributed by atoms with van der Waals surface area (Å²) in [5.74, 6) is 0. The Bertz CT molecular complexity index is 216. The first kappa shape index (κ1) is 10.1. The first-order valence-electron chi connectivity index (χ1n) is 3.64. The minimum Gasteiger partial charge on any atom is -0.391 e. The van der Waals surface area contributed by atoms with Crippen molar-refractivity contribution in [2.24, 2.45) is 0 Å². The van der Waals surface area contributed by atoms with Crippen molar-refractivity contribution in [3.63, 3.8) is 0 Å². The molecule has 0 atom stereocenters. The van der Waals surface area contributed by atoms with Crippen LogP contribution >= 0.6 is 22.2 Å². The molecule has 1 aromatic carbocycles. The summed E-state index contributed by atoms with van der Waals surface area (Å²) in [7, 11) is -1.56. The average Bonchev–Trinajstić information content (AvgIpc) is 2.05. The molecule has 12 heavy (non-hydrogen) atoms. The van der Waals surface area contributed by atoms with E-state index in [1.165, 1.54) is 5.56 Å². The fourth-order valence-electron chi connectivity index (χ4n) is 0.891. The predicted octanol–water partition coefficient (Wildman–Crippen LogP) is 2.71. The Labute approximate surface area is 83.4 Å². The van der Waals surface area contributed by atoms with Crippen LogP contribution in [-0.4, -0.2) is 14.3 Å². The molecule has 0 saturated heterocycles. The van der Waals surface area contributed by atoms with Gasteiger partial charge in [-0.25, -0.2) is 0 Å². The minimum absolute atomic E-state index is 0.602. The minimum atomic E-state index is -1.56. The van der Waals surface area contributed by atoms with Crippen molar-refractivity contribution in [2.45, 2.75) is 6.42 Å². The van der Waals surface area contributed by atoms with Gasteiger partial charge < -0.3 is 4.43 Å². The molecule has 1 aromatic rings. The average molecular weight is 220 g/mol. The Balaban J connectivity index is 2.25. The predicted molar refractivity (Wildman–Crippen MR) is 53.6 cm³/mol. The van der Waals surface area contributed by atoms with Crippen molar-refractivity contribution >= 4 is 29.8 Å². The van der Waals surface area contributed by atoms with Crippen LogP contribution in [0.1, 0.15) is 5.56 Å². The van der Waals surface area contributed by atoms with Gasteiger partial charge in [-0.15, -0.1) is 22.2 Å². The van der Waals surface area contributed by atoms with Gasteiger partial charge in [-0.05, 0) is 12.0 Å². The van der Waals surface area contributed by atoms with E-state index in [-0.39, 0.29) is 0 Å². The van der Waals surface area contributed by atoms with E-state index in [4.69, 9.17) is 26.6 Å². The number of halogens is 2. The molecule has 0 aliphatic rings. The Kier molecular flexibility index (Phi) is 4.69. The Morgan fingerprint density at radius 1 is 1.17 bits per heavy atom. The lowest BCUT2D eigenvalue weighted by Gasteiger charge is -2.01. The third kappa shape index (κ3) is 4.12. The maximum Gasteiger partial charge on any atom is 0.438 e. The summed E-state index contributed by atoms with van der Waals surface area (Å²) >= 11 is 11.0. The van der Waals surface area contributed by atoms with Crippen LogP contribution in [0.2, 0.25) is 0 Å². The van der Waals surface area contributed by atoms with E-state index >= 15 is 0 Å². The topological polar surface area (TPSA) is 9.23 Å². The van der Waals surface area contributed by atoms with Crippen LogP contribution in [-0.2, 0) is 10.8 Å². The summed E-state index contributed by atoms with van der Waals surface area (Å²) < 4.78 is 5.08. The van der Waals surface area contributed by atoms with Gasteiger partial charge in [0.05, 0.1) is 0 Å². The summed E-state index contributed by atoms with van der Waals surface area (Å²) in [6, 6.07) is 10.1. The second kappa shape index (κ2) is 5.59. The summed E-state index contributed by atoms with van der Waals surface area (Å²) in [6.07, 6.45) is 0.869. The zero-order valence-corrected chi connectivity index (χ0v) is 8.98. The van der Waals surface area contributed by atoms with Crippen molar-refractivity contribution in [2.75, 3.05) is 6.61 Å². The fraction of sp³-hybridized carbons (Fsp3) is 0.250. The van der Waals surface area contributed by atoms with Crippen LogP contribution < -0.4 is 0 Å². The summed E-state index contributed by atoms with van der Waals surface area (Å²) in [5.41, 5.74) is 1.24. The first-order chi connectivity index (χ1) is 5.79. The van der Waals surface area contributed by atoms with Gasteiger partial charge in [0.15, 0.2) is 0 Å². The number of hydrogen-bond acceptors (Lipinski definition) is 1. The Hall–Kier alpha value is -0.0231. The van der Waals surface area contributed by atoms with E-state index in [9.17, 15) is 0 Å². The highest BCUT2D eigenvalue weighted by Crippen LogP contribution is 2.02. The lowest BCUT2D eigenvalue weighted by Crippen LogP contribution is -2.05. The quantitative estimate of drug-likeness (QED) is 0.560. The molecule has 0 aromatic heterocycles. The van der Waals surface area contributed by atoms with Gasteiger partial charge in [-0.2, -0.15) is 0 Å². The molecule has 65 valence electrons. The molecule has 1 rings (SSSR count). The number of hydrogen-bond donors (Lipinski definition) is 0. The van der Waals surface area contributed by atoms with Crippen LogP contribution in [0.25, 0.3) is 0 Å². The van der Waals surface area contributed by atoms with Crippen LogP contribution in [0.15, 0.2) is 30.3 Å². The molecule has 0 unspecified atom stereocenters. The van der Waals surface area contributed by atoms with Crippen LogP contribution in [0.3, 0.4) is 0 Å². The van der Waals surface area contributed by atoms with E-state index in [2.05, 4.69) is 12.1 Å². The van der Waals surface area contributed by atoms with Gasteiger partial charge in [-0.1, -0.05) is 30.3 Å². The molecule has 0 spiro atoms. The second-order valence-electron chi connectivity index (χ2n) is 2.31. The molecule has 0 heterocycles. The highest BCUT2D eigenvalue weighted by atomic mass is 35.7. The standard InChI is InChI=1S/C8H9Cl2OSi/c9-12(10)11-7-6-8-4-2-1-3-5-8/h1-5H,6-7H2. The smallest absolute Gasteiger partial charge is 0.391 e. The number of benzene rings is 1. The van der Waals surface area contributed by atoms with Crippen LogP contribution in [0.5, 0.6) is 0 Å². The van der Waals surface area contributed by atoms with Gasteiger partial charge >= 0.3 is 7.66 Å². The van der Waals surface area contributed by atoms with E-state index in [1.54, 1.807) is 0 Å². The van der Waals surface area contributed by atoms with E-state index < -0.39 is 7.66 Å². The molecule has 0 N–H and O–H groups in total. The zero-order chi connectivity index (χ0) is 8.81. The van der Waals surface area contributed by atoms with E-state index in [1.807, 2.05) is 18.2 Å². The summed E-state index contributed by atoms with van der Waals surface area (Å²) in [4.78, 5) is 0. The highest BCUT2D eigenvalue weighted by molar-refractivity contribution is 7.30. The molecule has 4 heteroatoms. The Morgan fingerprint density at radius 3 is 2.42 bits per heavy atom. The largest absolute Gasteiger partial charge is 0.438 e. The molecule has 0 fully saturated rings. The van der Waals surface area contributed by atoms with E-state index in [0.29, 0.717) is 6.61 Å². The van der Waals surface area contributed by atoms with Crippen LogP contribution in [0.4, 0.5) is 0 Å². The van der Waals surface area contributed by atoms with Crippen molar-refractivity contribution in [1.29, 1.82) is 0 Å². The Morgan fingerprint density at radius 2 is 1.83 bits per heavy atom. The monoisotopic (exact) mass is 219 g/mol. The number of rotatable bonds is 4. The normalized spacial score (nSPS) is 10.6. The van der Waals surface area contributed by atoms with E-state index in [0.717, 1.165) is 6.42 Å². The molecule has 0 aliphatic heterocycles. The third-order valence-electron chi connectivity index (χ3n) is 1.44. The van der Waals surface area contributed by atoms with Crippen molar-refractivity contribution in [1.82, 2.24) is 0 Å². The van der Waals surface area contributed by atoms with Gasteiger partial charge in [0.25, 0.3) is 0 Å². The lowest BCUT2D eigenvalue weighted by molar-refractivity contribution is 0.345. The van der Waals surface area contributed by atoms with Gasteiger partial charge in [0.2, 0.25) is 0 Å². The molecular formula is C8H9Cl2OSi. The molecule has 0 amide bonds. The van der Waals surface area contributed by atoms with Gasteiger partial charge in [0, 0.05) is 6.61 Å². The molecule has 1 nitrogen and oxygen atoms in total. The lowest BCUT2D eigenvalue weighted by atomic mass is 10.2. The third-order valence-corrected chi connectivity index (χ3v) is 2.52. The van der Waals surface area contributed by atoms with Crippen molar-refractivity contribution in [3.05, 3.63) is 35.9 Å². The zero-order valence-electron chi connectivity index (χ0n) is 6.47. The van der Waals surface area contributed by atoms with Crippen LogP contribution in [0, 0.1) is 0 Å². The molecule has 1 radical (unpaired) electrons. The summed E-state index contributed by atoms with van der Waals surface area (Å²) in [6.45, 7) is 0.602. The first-order valence-corrected chi connectivity index (χ1v) is 7.07. The maximum atomic E-state index is 5.49. The van der Waals surface area contributed by atoms with Crippen molar-refractivity contribution in [3.8, 4) is 0 Å². The maximum absolute atomic E-state index is 5.49. The highest BCUT2D eigenvalue weighted by Gasteiger charge is 2.03. The van der Waals surface area contributed by atoms with Gasteiger partial charge in [-0.3, -0.25) is 0 Å². The SMILES string of the molecule is Cl[Si](Cl)OCCc1ccccc1. The fourth-order valence-corrected chi connectivity index (χ4v) is 1.61. The van der Waals surface area contributed by atoms with Gasteiger partial charge in [0.1, 0.15) is 0 Å².